The van der Waals surface area contributed by atoms with Gasteiger partial charge in [-0.25, -0.2) is 18.7 Å². The van der Waals surface area contributed by atoms with Crippen LogP contribution in [-0.4, -0.2) is 37.6 Å². The molecule has 6 nitrogen and oxygen atoms in total. The summed E-state index contributed by atoms with van der Waals surface area (Å²) in [5, 5.41) is 7.32. The van der Waals surface area contributed by atoms with Gasteiger partial charge in [-0.2, -0.15) is 0 Å². The normalized spacial score (nSPS) is 21.2. The van der Waals surface area contributed by atoms with Gasteiger partial charge in [0.05, 0.1) is 11.7 Å². The third kappa shape index (κ3) is 2.65. The molecule has 2 saturated heterocycles. The van der Waals surface area contributed by atoms with Gasteiger partial charge < -0.3 is 10.2 Å². The van der Waals surface area contributed by atoms with Crippen LogP contribution in [0.3, 0.4) is 0 Å². The van der Waals surface area contributed by atoms with Crippen molar-refractivity contribution >= 4 is 17.2 Å². The number of hydrogen-bond donors (Lipinski definition) is 1. The molecule has 4 heterocycles. The Hall–Kier alpha value is -2.96. The zero-order valence-corrected chi connectivity index (χ0v) is 15.0. The number of rotatable bonds is 2. The molecule has 2 amide bonds. The van der Waals surface area contributed by atoms with Gasteiger partial charge >= 0.3 is 6.03 Å². The molecule has 0 saturated carbocycles. The largest absolute Gasteiger partial charge is 0.322 e. The Morgan fingerprint density at radius 2 is 2.11 bits per heavy atom. The maximum Gasteiger partial charge on any atom is 0.322 e. The first-order valence-electron chi connectivity index (χ1n) is 9.30. The molecule has 0 aliphatic carbocycles. The highest BCUT2D eigenvalue weighted by Gasteiger charge is 2.44. The third-order valence-electron chi connectivity index (χ3n) is 5.76. The number of carbonyl (C=O) groups excluding carboxylic acids is 1. The minimum absolute atomic E-state index is 0.146. The van der Waals surface area contributed by atoms with Gasteiger partial charge in [0.2, 0.25) is 0 Å². The van der Waals surface area contributed by atoms with E-state index in [0.29, 0.717) is 34.7 Å². The Labute approximate surface area is 156 Å². The lowest BCUT2D eigenvalue weighted by Gasteiger charge is -2.52. The maximum atomic E-state index is 14.5. The molecule has 5 rings (SSSR count). The minimum atomic E-state index is -0.386. The van der Waals surface area contributed by atoms with E-state index in [2.05, 4.69) is 15.4 Å². The molecule has 2 unspecified atom stereocenters. The van der Waals surface area contributed by atoms with E-state index in [0.717, 1.165) is 24.8 Å². The van der Waals surface area contributed by atoms with E-state index >= 15 is 0 Å². The summed E-state index contributed by atoms with van der Waals surface area (Å²) in [5.41, 5.74) is 2.33. The highest BCUT2D eigenvalue weighted by molar-refractivity contribution is 5.91. The van der Waals surface area contributed by atoms with E-state index < -0.39 is 0 Å². The molecule has 138 valence electrons. The Morgan fingerprint density at radius 1 is 1.30 bits per heavy atom. The fourth-order valence-electron chi connectivity index (χ4n) is 4.26. The van der Waals surface area contributed by atoms with Crippen LogP contribution in [0.4, 0.5) is 14.9 Å². The maximum absolute atomic E-state index is 14.5. The summed E-state index contributed by atoms with van der Waals surface area (Å²) in [4.78, 5) is 18.9. The number of nitrogens with zero attached hydrogens (tertiary/aromatic N) is 4. The van der Waals surface area contributed by atoms with Crippen LogP contribution in [0.15, 0.2) is 36.7 Å². The Kier molecular flexibility index (Phi) is 3.63. The molecule has 0 spiro atoms. The number of aromatic nitrogens is 3. The van der Waals surface area contributed by atoms with E-state index in [1.165, 1.54) is 12.5 Å². The van der Waals surface area contributed by atoms with Crippen molar-refractivity contribution in [2.24, 2.45) is 0 Å². The average molecular weight is 365 g/mol. The monoisotopic (exact) mass is 365 g/mol. The third-order valence-corrected chi connectivity index (χ3v) is 5.76. The molecule has 27 heavy (non-hydrogen) atoms. The summed E-state index contributed by atoms with van der Waals surface area (Å²) in [6.45, 7) is 1.69. The molecule has 7 heteroatoms. The number of hydrogen-bond acceptors (Lipinski definition) is 3. The number of anilines is 1. The molecule has 2 fully saturated rings. The summed E-state index contributed by atoms with van der Waals surface area (Å²) in [6.07, 6.45) is 7.91. The lowest BCUT2D eigenvalue weighted by atomic mass is 9.80. The summed E-state index contributed by atoms with van der Waals surface area (Å²) in [7, 11) is 0. The van der Waals surface area contributed by atoms with Crippen molar-refractivity contribution in [3.63, 3.8) is 0 Å². The minimum Gasteiger partial charge on any atom is -0.318 e. The van der Waals surface area contributed by atoms with Crippen LogP contribution < -0.4 is 5.32 Å². The van der Waals surface area contributed by atoms with Crippen LogP contribution in [0.25, 0.3) is 16.9 Å². The zero-order valence-electron chi connectivity index (χ0n) is 15.0. The van der Waals surface area contributed by atoms with E-state index in [1.807, 2.05) is 23.2 Å². The highest BCUT2D eigenvalue weighted by Crippen LogP contribution is 2.38. The van der Waals surface area contributed by atoms with Crippen LogP contribution in [0.2, 0.25) is 0 Å². The molecule has 0 radical (unpaired) electrons. The van der Waals surface area contributed by atoms with Crippen molar-refractivity contribution in [1.29, 1.82) is 0 Å². The van der Waals surface area contributed by atoms with Crippen molar-refractivity contribution in [2.75, 3.05) is 5.32 Å². The van der Waals surface area contributed by atoms with Crippen LogP contribution in [0.5, 0.6) is 0 Å². The predicted molar refractivity (Wildman–Crippen MR) is 100 cm³/mol. The number of nitrogens with one attached hydrogen (secondary N) is 1. The first-order valence-corrected chi connectivity index (χ1v) is 9.30. The van der Waals surface area contributed by atoms with E-state index in [-0.39, 0.29) is 11.8 Å². The van der Waals surface area contributed by atoms with Crippen LogP contribution >= 0.6 is 0 Å². The van der Waals surface area contributed by atoms with Crippen molar-refractivity contribution in [3.05, 3.63) is 48.0 Å². The second kappa shape index (κ2) is 6.04. The van der Waals surface area contributed by atoms with E-state index in [9.17, 15) is 9.18 Å². The van der Waals surface area contributed by atoms with Gasteiger partial charge in [0, 0.05) is 29.5 Å². The number of fused-ring (bicyclic) bond motifs is 3. The van der Waals surface area contributed by atoms with Gasteiger partial charge in [0.15, 0.2) is 5.82 Å². The van der Waals surface area contributed by atoms with Crippen LogP contribution in [0.1, 0.15) is 31.2 Å². The van der Waals surface area contributed by atoms with Crippen molar-refractivity contribution in [3.8, 4) is 11.4 Å². The summed E-state index contributed by atoms with van der Waals surface area (Å²) in [6, 6.07) is 7.40. The van der Waals surface area contributed by atoms with Crippen molar-refractivity contribution in [1.82, 2.24) is 19.5 Å². The molecular formula is C20H20FN5O. The lowest BCUT2D eigenvalue weighted by molar-refractivity contribution is 0.0173. The molecule has 2 aliphatic rings. The number of halogens is 1. The summed E-state index contributed by atoms with van der Waals surface area (Å²) < 4.78 is 16.2. The first-order chi connectivity index (χ1) is 13.1. The van der Waals surface area contributed by atoms with E-state index in [4.69, 9.17) is 0 Å². The van der Waals surface area contributed by atoms with Crippen molar-refractivity contribution < 1.29 is 9.18 Å². The van der Waals surface area contributed by atoms with Gasteiger partial charge in [-0.1, -0.05) is 0 Å². The zero-order chi connectivity index (χ0) is 18.5. The average Bonchev–Trinajstić information content (AvgIpc) is 3.12. The van der Waals surface area contributed by atoms with Gasteiger partial charge in [0.1, 0.15) is 5.82 Å². The molecule has 2 atom stereocenters. The Balaban J connectivity index is 1.46. The fourth-order valence-corrected chi connectivity index (χ4v) is 4.26. The molecule has 3 aromatic rings. The SMILES string of the molecule is Cc1c(F)cc(NC(=O)N2C3CCCC2C3)cc1-c1ncc2cccn2n1. The standard InChI is InChI=1S/C20H20FN5O/c1-12-17(19-22-11-16-6-3-7-25(16)24-19)8-13(9-18(12)21)23-20(27)26-14-4-2-5-15(26)10-14/h3,6-9,11,14-15H,2,4-5,10H2,1H3,(H,23,27). The second-order valence-corrected chi connectivity index (χ2v) is 7.40. The second-order valence-electron chi connectivity index (χ2n) is 7.40. The quantitative estimate of drug-likeness (QED) is 0.747. The van der Waals surface area contributed by atoms with Gasteiger partial charge in [0.25, 0.3) is 0 Å². The van der Waals surface area contributed by atoms with Crippen LogP contribution in [-0.2, 0) is 0 Å². The van der Waals surface area contributed by atoms with Gasteiger partial charge in [-0.3, -0.25) is 0 Å². The van der Waals surface area contributed by atoms with Gasteiger partial charge in [-0.05, 0) is 62.4 Å². The number of benzene rings is 1. The predicted octanol–water partition coefficient (Wildman–Crippen LogP) is 4.00. The molecule has 1 N–H and O–H groups in total. The molecule has 2 bridgehead atoms. The smallest absolute Gasteiger partial charge is 0.318 e. The topological polar surface area (TPSA) is 62.5 Å². The number of amides is 2. The fraction of sp³-hybridized carbons (Fsp3) is 0.350. The van der Waals surface area contributed by atoms with Gasteiger partial charge in [-0.15, -0.1) is 5.10 Å². The highest BCUT2D eigenvalue weighted by atomic mass is 19.1. The number of piperidine rings is 1. The first kappa shape index (κ1) is 16.2. The summed E-state index contributed by atoms with van der Waals surface area (Å²) >= 11 is 0. The van der Waals surface area contributed by atoms with Crippen molar-refractivity contribution in [2.45, 2.75) is 44.7 Å². The molecule has 2 aliphatic heterocycles. The number of urea groups is 1. The molecular weight excluding hydrogens is 345 g/mol. The van der Waals surface area contributed by atoms with Crippen LogP contribution in [0, 0.1) is 12.7 Å². The Morgan fingerprint density at radius 3 is 2.89 bits per heavy atom. The molecule has 1 aromatic carbocycles. The Bertz CT molecular complexity index is 1030. The van der Waals surface area contributed by atoms with E-state index in [1.54, 1.807) is 23.7 Å². The lowest BCUT2D eigenvalue weighted by Crippen LogP contribution is -2.62. The number of carbonyl (C=O) groups is 1. The summed E-state index contributed by atoms with van der Waals surface area (Å²) in [5.74, 6) is 0.0369. The molecule has 2 aromatic heterocycles.